The molecule has 0 radical (unpaired) electrons. The van der Waals surface area contributed by atoms with Gasteiger partial charge >= 0.3 is 0 Å². The second-order valence-corrected chi connectivity index (χ2v) is 3.73. The molecule has 16 heavy (non-hydrogen) atoms. The normalized spacial score (nSPS) is 11.2. The van der Waals surface area contributed by atoms with Crippen LogP contribution in [0.15, 0.2) is 18.3 Å². The summed E-state index contributed by atoms with van der Waals surface area (Å²) in [6.45, 7) is -0.375. The van der Waals surface area contributed by atoms with E-state index in [9.17, 15) is 0 Å². The van der Waals surface area contributed by atoms with E-state index in [2.05, 4.69) is 15.4 Å². The molecule has 86 valence electrons. The number of nitrogens with one attached hydrogen (secondary N) is 1. The molecular weight excluding hydrogens is 232 g/mol. The summed E-state index contributed by atoms with van der Waals surface area (Å²) in [6, 6.07) is 2.98. The van der Waals surface area contributed by atoms with Gasteiger partial charge in [0.25, 0.3) is 0 Å². The highest BCUT2D eigenvalue weighted by molar-refractivity contribution is 6.30. The highest BCUT2D eigenvalue weighted by Gasteiger charge is 2.09. The number of aliphatic hydroxyl groups excluding tert-OH is 2. The average Bonchev–Trinajstić information content (AvgIpc) is 2.67. The van der Waals surface area contributed by atoms with Crippen molar-refractivity contribution in [2.45, 2.75) is 6.04 Å². The van der Waals surface area contributed by atoms with Gasteiger partial charge in [-0.25, -0.2) is 4.52 Å². The number of hydrogen-bond acceptors (Lipinski definition) is 5. The van der Waals surface area contributed by atoms with Gasteiger partial charge in [-0.1, -0.05) is 11.6 Å². The standard InChI is InChI=1S/C9H11ClN4O2/c10-6-1-2-8-12-9(13-14(8)3-6)11-7(4-15)5-16/h1-3,7,15-16H,4-5H2,(H,11,13). The maximum atomic E-state index is 8.90. The summed E-state index contributed by atoms with van der Waals surface area (Å²) in [5, 5.41) is 25.3. The number of nitrogens with zero attached hydrogens (tertiary/aromatic N) is 3. The first-order chi connectivity index (χ1) is 7.72. The third kappa shape index (κ3) is 2.24. The Morgan fingerprint density at radius 3 is 2.81 bits per heavy atom. The van der Waals surface area contributed by atoms with E-state index >= 15 is 0 Å². The molecule has 0 spiro atoms. The first kappa shape index (κ1) is 11.1. The van der Waals surface area contributed by atoms with E-state index in [0.29, 0.717) is 16.6 Å². The van der Waals surface area contributed by atoms with Crippen LogP contribution in [0.2, 0.25) is 5.02 Å². The van der Waals surface area contributed by atoms with Gasteiger partial charge in [-0.3, -0.25) is 0 Å². The first-order valence-electron chi connectivity index (χ1n) is 4.73. The predicted octanol–water partition coefficient (Wildman–Crippen LogP) is 0.148. The van der Waals surface area contributed by atoms with Crippen molar-refractivity contribution in [1.29, 1.82) is 0 Å². The number of aromatic nitrogens is 3. The molecule has 2 aromatic rings. The van der Waals surface area contributed by atoms with Gasteiger partial charge in [0, 0.05) is 6.20 Å². The molecule has 0 unspecified atom stereocenters. The second kappa shape index (κ2) is 4.65. The molecule has 2 aromatic heterocycles. The molecule has 0 aromatic carbocycles. The Hall–Kier alpha value is -1.37. The van der Waals surface area contributed by atoms with Crippen LogP contribution in [-0.2, 0) is 0 Å². The fourth-order valence-corrected chi connectivity index (χ4v) is 1.41. The van der Waals surface area contributed by atoms with Crippen molar-refractivity contribution in [3.05, 3.63) is 23.4 Å². The van der Waals surface area contributed by atoms with Crippen molar-refractivity contribution in [1.82, 2.24) is 14.6 Å². The SMILES string of the molecule is OCC(CO)Nc1nc2ccc(Cl)cn2n1. The highest BCUT2D eigenvalue weighted by Crippen LogP contribution is 2.11. The maximum Gasteiger partial charge on any atom is 0.243 e. The molecule has 7 heteroatoms. The van der Waals surface area contributed by atoms with Gasteiger partial charge in [0.05, 0.1) is 24.3 Å². The van der Waals surface area contributed by atoms with Crippen LogP contribution in [0.3, 0.4) is 0 Å². The van der Waals surface area contributed by atoms with Crippen LogP contribution in [0.25, 0.3) is 5.65 Å². The van der Waals surface area contributed by atoms with Gasteiger partial charge < -0.3 is 15.5 Å². The van der Waals surface area contributed by atoms with Crippen molar-refractivity contribution in [3.63, 3.8) is 0 Å². The molecule has 0 amide bonds. The fourth-order valence-electron chi connectivity index (χ4n) is 1.25. The van der Waals surface area contributed by atoms with Crippen LogP contribution < -0.4 is 5.32 Å². The number of anilines is 1. The summed E-state index contributed by atoms with van der Waals surface area (Å²) in [5.41, 5.74) is 0.640. The van der Waals surface area contributed by atoms with E-state index in [4.69, 9.17) is 21.8 Å². The maximum absolute atomic E-state index is 8.90. The van der Waals surface area contributed by atoms with Gasteiger partial charge in [0.15, 0.2) is 5.65 Å². The topological polar surface area (TPSA) is 82.7 Å². The largest absolute Gasteiger partial charge is 0.394 e. The van der Waals surface area contributed by atoms with Crippen LogP contribution >= 0.6 is 11.6 Å². The van der Waals surface area contributed by atoms with Crippen molar-refractivity contribution in [2.24, 2.45) is 0 Å². The van der Waals surface area contributed by atoms with Gasteiger partial charge in [0.2, 0.25) is 5.95 Å². The Balaban J connectivity index is 2.25. The van der Waals surface area contributed by atoms with Crippen LogP contribution in [0.4, 0.5) is 5.95 Å². The Morgan fingerprint density at radius 2 is 2.12 bits per heavy atom. The zero-order valence-electron chi connectivity index (χ0n) is 8.34. The van der Waals surface area contributed by atoms with Gasteiger partial charge in [-0.05, 0) is 12.1 Å². The molecule has 0 aliphatic rings. The third-order valence-corrected chi connectivity index (χ3v) is 2.29. The molecule has 0 aliphatic carbocycles. The van der Waals surface area contributed by atoms with E-state index in [1.54, 1.807) is 18.3 Å². The van der Waals surface area contributed by atoms with E-state index in [1.807, 2.05) is 0 Å². The van der Waals surface area contributed by atoms with E-state index in [-0.39, 0.29) is 13.2 Å². The van der Waals surface area contributed by atoms with Crippen molar-refractivity contribution >= 4 is 23.2 Å². The molecule has 3 N–H and O–H groups in total. The molecule has 0 aliphatic heterocycles. The van der Waals surface area contributed by atoms with Crippen molar-refractivity contribution < 1.29 is 10.2 Å². The predicted molar refractivity (Wildman–Crippen MR) is 59.6 cm³/mol. The molecule has 0 saturated heterocycles. The number of hydrogen-bond donors (Lipinski definition) is 3. The smallest absolute Gasteiger partial charge is 0.243 e. The molecule has 0 saturated carbocycles. The summed E-state index contributed by atoms with van der Waals surface area (Å²) in [4.78, 5) is 4.15. The monoisotopic (exact) mass is 242 g/mol. The van der Waals surface area contributed by atoms with Crippen LogP contribution in [0.1, 0.15) is 0 Å². The lowest BCUT2D eigenvalue weighted by molar-refractivity contribution is 0.203. The first-order valence-corrected chi connectivity index (χ1v) is 5.11. The molecule has 2 rings (SSSR count). The zero-order valence-corrected chi connectivity index (χ0v) is 9.09. The third-order valence-electron chi connectivity index (χ3n) is 2.07. The van der Waals surface area contributed by atoms with Crippen LogP contribution in [-0.4, -0.2) is 44.1 Å². The molecule has 0 fully saturated rings. The minimum Gasteiger partial charge on any atom is -0.394 e. The van der Waals surface area contributed by atoms with Crippen LogP contribution in [0, 0.1) is 0 Å². The van der Waals surface area contributed by atoms with E-state index < -0.39 is 6.04 Å². The van der Waals surface area contributed by atoms with Crippen molar-refractivity contribution in [3.8, 4) is 0 Å². The minimum absolute atomic E-state index is 0.188. The summed E-state index contributed by atoms with van der Waals surface area (Å²) in [5.74, 6) is 0.343. The molecule has 0 atom stereocenters. The molecule has 2 heterocycles. The number of fused-ring (bicyclic) bond motifs is 1. The number of rotatable bonds is 4. The van der Waals surface area contributed by atoms with Gasteiger partial charge in [-0.15, -0.1) is 5.10 Å². The molecule has 6 nitrogen and oxygen atoms in total. The number of halogens is 1. The van der Waals surface area contributed by atoms with E-state index in [1.165, 1.54) is 4.52 Å². The van der Waals surface area contributed by atoms with Crippen molar-refractivity contribution in [2.75, 3.05) is 18.5 Å². The highest BCUT2D eigenvalue weighted by atomic mass is 35.5. The minimum atomic E-state index is -0.465. The summed E-state index contributed by atoms with van der Waals surface area (Å²) < 4.78 is 1.52. The number of aliphatic hydroxyl groups is 2. The lowest BCUT2D eigenvalue weighted by atomic mass is 10.3. The number of pyridine rings is 1. The van der Waals surface area contributed by atoms with Gasteiger partial charge in [-0.2, -0.15) is 4.98 Å². The fraction of sp³-hybridized carbons (Fsp3) is 0.333. The summed E-state index contributed by atoms with van der Waals surface area (Å²) >= 11 is 5.80. The average molecular weight is 243 g/mol. The van der Waals surface area contributed by atoms with E-state index in [0.717, 1.165) is 0 Å². The lowest BCUT2D eigenvalue weighted by Gasteiger charge is -2.10. The Bertz CT molecular complexity index is 483. The lowest BCUT2D eigenvalue weighted by Crippen LogP contribution is -2.28. The Labute approximate surface area is 96.5 Å². The quantitative estimate of drug-likeness (QED) is 0.711. The summed E-state index contributed by atoms with van der Waals surface area (Å²) in [7, 11) is 0. The Kier molecular flexibility index (Phi) is 3.23. The molecular formula is C9H11ClN4O2. The zero-order chi connectivity index (χ0) is 11.5. The molecule has 0 bridgehead atoms. The second-order valence-electron chi connectivity index (χ2n) is 3.29. The van der Waals surface area contributed by atoms with Crippen LogP contribution in [0.5, 0.6) is 0 Å². The Morgan fingerprint density at radius 1 is 1.38 bits per heavy atom. The summed E-state index contributed by atoms with van der Waals surface area (Å²) in [6.07, 6.45) is 1.63. The van der Waals surface area contributed by atoms with Gasteiger partial charge in [0.1, 0.15) is 0 Å².